The average molecular weight is 339 g/mol. The zero-order valence-corrected chi connectivity index (χ0v) is 14.1. The number of nitrogens with zero attached hydrogens (tertiary/aromatic N) is 1. The molecule has 1 atom stereocenters. The lowest BCUT2D eigenvalue weighted by Gasteiger charge is -2.38. The lowest BCUT2D eigenvalue weighted by molar-refractivity contribution is -0.157. The summed E-state index contributed by atoms with van der Waals surface area (Å²) in [7, 11) is 1.51. The second kappa shape index (κ2) is 8.41. The predicted octanol–water partition coefficient (Wildman–Crippen LogP) is 0.626. The number of carbonyl (C=O) groups is 1. The number of rotatable bonds is 8. The number of nitrogens with two attached hydrogens (primary N) is 1. The molecule has 0 unspecified atom stereocenters. The Labute approximate surface area is 141 Å². The molecule has 1 aliphatic rings. The fourth-order valence-corrected chi connectivity index (χ4v) is 2.91. The Morgan fingerprint density at radius 1 is 1.50 bits per heavy atom. The lowest BCUT2D eigenvalue weighted by Crippen LogP contribution is -2.57. The van der Waals surface area contributed by atoms with E-state index in [2.05, 4.69) is 5.32 Å². The molecule has 0 bridgehead atoms. The van der Waals surface area contributed by atoms with Crippen molar-refractivity contribution in [1.29, 1.82) is 0 Å². The molecule has 1 amide bonds. The van der Waals surface area contributed by atoms with Gasteiger partial charge in [-0.25, -0.2) is 4.39 Å². The standard InChI is InChI=1S/C17H26FN3O3/c1-24-14-4-5-15(18)13(10-14)11-21-9-2-6-17(23,16(21)22)12-20-8-3-7-19/h4-5,10,20,23H,2-3,6-9,11-12,19H2,1H3/t17-/m1/s1. The van der Waals surface area contributed by atoms with Crippen LogP contribution in [0.2, 0.25) is 0 Å². The van der Waals surface area contributed by atoms with Gasteiger partial charge in [0.25, 0.3) is 5.91 Å². The topological polar surface area (TPSA) is 87.8 Å². The molecule has 0 aromatic heterocycles. The smallest absolute Gasteiger partial charge is 0.256 e. The molecule has 1 aromatic carbocycles. The van der Waals surface area contributed by atoms with Gasteiger partial charge >= 0.3 is 0 Å². The van der Waals surface area contributed by atoms with Crippen molar-refractivity contribution in [2.45, 2.75) is 31.4 Å². The summed E-state index contributed by atoms with van der Waals surface area (Å²) in [5.74, 6) is -0.218. The van der Waals surface area contributed by atoms with Crippen LogP contribution in [-0.2, 0) is 11.3 Å². The number of methoxy groups -OCH3 is 1. The monoisotopic (exact) mass is 339 g/mol. The van der Waals surface area contributed by atoms with Crippen LogP contribution in [0.3, 0.4) is 0 Å². The average Bonchev–Trinajstić information content (AvgIpc) is 2.58. The first-order valence-corrected chi connectivity index (χ1v) is 8.25. The van der Waals surface area contributed by atoms with Crippen molar-refractivity contribution in [1.82, 2.24) is 10.2 Å². The maximum atomic E-state index is 14.0. The number of aliphatic hydroxyl groups is 1. The SMILES string of the molecule is COc1ccc(F)c(CN2CCC[C@@](O)(CNCCCN)C2=O)c1. The Kier molecular flexibility index (Phi) is 6.53. The molecule has 6 nitrogen and oxygen atoms in total. The van der Waals surface area contributed by atoms with E-state index in [1.165, 1.54) is 24.1 Å². The molecule has 1 aliphatic heterocycles. The van der Waals surface area contributed by atoms with Gasteiger partial charge in [-0.2, -0.15) is 0 Å². The molecule has 24 heavy (non-hydrogen) atoms. The molecule has 1 fully saturated rings. The largest absolute Gasteiger partial charge is 0.497 e. The van der Waals surface area contributed by atoms with E-state index >= 15 is 0 Å². The first-order chi connectivity index (χ1) is 11.5. The van der Waals surface area contributed by atoms with Crippen molar-refractivity contribution in [2.24, 2.45) is 5.73 Å². The summed E-state index contributed by atoms with van der Waals surface area (Å²) in [6.45, 7) is 2.01. The quantitative estimate of drug-likeness (QED) is 0.605. The third-order valence-corrected chi connectivity index (χ3v) is 4.29. The molecule has 0 saturated carbocycles. The zero-order valence-electron chi connectivity index (χ0n) is 14.1. The molecule has 0 radical (unpaired) electrons. The summed E-state index contributed by atoms with van der Waals surface area (Å²) in [6.07, 6.45) is 1.86. The number of hydrogen-bond donors (Lipinski definition) is 3. The van der Waals surface area contributed by atoms with E-state index in [-0.39, 0.29) is 19.0 Å². The number of likely N-dealkylation sites (tertiary alicyclic amines) is 1. The maximum Gasteiger partial charge on any atom is 0.256 e. The zero-order chi connectivity index (χ0) is 17.6. The Bertz CT molecular complexity index is 570. The van der Waals surface area contributed by atoms with Crippen LogP contribution in [0.15, 0.2) is 18.2 Å². The third-order valence-electron chi connectivity index (χ3n) is 4.29. The number of ether oxygens (including phenoxy) is 1. The number of carbonyl (C=O) groups excluding carboxylic acids is 1. The number of nitrogens with one attached hydrogen (secondary N) is 1. The minimum Gasteiger partial charge on any atom is -0.497 e. The van der Waals surface area contributed by atoms with Crippen molar-refractivity contribution in [3.05, 3.63) is 29.6 Å². The number of benzene rings is 1. The first-order valence-electron chi connectivity index (χ1n) is 8.25. The fourth-order valence-electron chi connectivity index (χ4n) is 2.91. The van der Waals surface area contributed by atoms with Crippen LogP contribution < -0.4 is 15.8 Å². The van der Waals surface area contributed by atoms with E-state index in [1.807, 2.05) is 0 Å². The molecule has 4 N–H and O–H groups in total. The van der Waals surface area contributed by atoms with Gasteiger partial charge in [-0.15, -0.1) is 0 Å². The van der Waals surface area contributed by atoms with Crippen molar-refractivity contribution in [3.8, 4) is 5.75 Å². The van der Waals surface area contributed by atoms with Crippen molar-refractivity contribution < 1.29 is 19.0 Å². The predicted molar refractivity (Wildman–Crippen MR) is 89.1 cm³/mol. The normalized spacial score (nSPS) is 21.2. The van der Waals surface area contributed by atoms with Crippen LogP contribution in [0.25, 0.3) is 0 Å². The van der Waals surface area contributed by atoms with Crippen molar-refractivity contribution in [3.63, 3.8) is 0 Å². The van der Waals surface area contributed by atoms with Crippen LogP contribution in [0.4, 0.5) is 4.39 Å². The summed E-state index contributed by atoms with van der Waals surface area (Å²) >= 11 is 0. The number of piperidine rings is 1. The van der Waals surface area contributed by atoms with Gasteiger partial charge in [-0.3, -0.25) is 4.79 Å². The molecule has 0 spiro atoms. The van der Waals surface area contributed by atoms with Gasteiger partial charge in [-0.1, -0.05) is 0 Å². The van der Waals surface area contributed by atoms with E-state index in [0.29, 0.717) is 43.8 Å². The van der Waals surface area contributed by atoms with Crippen molar-refractivity contribution in [2.75, 3.05) is 33.3 Å². The highest BCUT2D eigenvalue weighted by atomic mass is 19.1. The van der Waals surface area contributed by atoms with E-state index < -0.39 is 11.4 Å². The molecule has 2 rings (SSSR count). The molecule has 0 aliphatic carbocycles. The number of hydrogen-bond acceptors (Lipinski definition) is 5. The van der Waals surface area contributed by atoms with Crippen LogP contribution in [-0.4, -0.2) is 54.8 Å². The number of halogens is 1. The first kappa shape index (κ1) is 18.6. The molecular formula is C17H26FN3O3. The Morgan fingerprint density at radius 3 is 3.00 bits per heavy atom. The lowest BCUT2D eigenvalue weighted by atomic mass is 9.91. The molecule has 134 valence electrons. The number of amides is 1. The molecular weight excluding hydrogens is 313 g/mol. The van der Waals surface area contributed by atoms with Gasteiger partial charge in [0.15, 0.2) is 5.60 Å². The van der Waals surface area contributed by atoms with Gasteiger partial charge in [0.1, 0.15) is 11.6 Å². The van der Waals surface area contributed by atoms with Crippen LogP contribution in [0.1, 0.15) is 24.8 Å². The highest BCUT2D eigenvalue weighted by Crippen LogP contribution is 2.25. The second-order valence-corrected chi connectivity index (χ2v) is 6.14. The van der Waals surface area contributed by atoms with E-state index in [4.69, 9.17) is 10.5 Å². The third kappa shape index (κ3) is 4.43. The van der Waals surface area contributed by atoms with Gasteiger partial charge in [0, 0.05) is 25.2 Å². The summed E-state index contributed by atoms with van der Waals surface area (Å²) in [5, 5.41) is 13.7. The Morgan fingerprint density at radius 2 is 2.29 bits per heavy atom. The van der Waals surface area contributed by atoms with E-state index in [1.54, 1.807) is 6.07 Å². The Balaban J connectivity index is 2.04. The van der Waals surface area contributed by atoms with Gasteiger partial charge in [0.2, 0.25) is 0 Å². The summed E-state index contributed by atoms with van der Waals surface area (Å²) < 4.78 is 19.1. The minimum absolute atomic E-state index is 0.118. The van der Waals surface area contributed by atoms with E-state index in [9.17, 15) is 14.3 Å². The van der Waals surface area contributed by atoms with E-state index in [0.717, 1.165) is 6.42 Å². The molecule has 1 heterocycles. The summed E-state index contributed by atoms with van der Waals surface area (Å²) in [4.78, 5) is 14.1. The fraction of sp³-hybridized carbons (Fsp3) is 0.588. The van der Waals surface area contributed by atoms with Gasteiger partial charge in [0.05, 0.1) is 7.11 Å². The maximum absolute atomic E-state index is 14.0. The van der Waals surface area contributed by atoms with Crippen LogP contribution in [0, 0.1) is 5.82 Å². The molecule has 1 aromatic rings. The molecule has 7 heteroatoms. The van der Waals surface area contributed by atoms with Gasteiger partial charge < -0.3 is 25.8 Å². The second-order valence-electron chi connectivity index (χ2n) is 6.14. The highest BCUT2D eigenvalue weighted by Gasteiger charge is 2.41. The Hall–Kier alpha value is -1.70. The molecule has 1 saturated heterocycles. The summed E-state index contributed by atoms with van der Waals surface area (Å²) in [6, 6.07) is 4.44. The minimum atomic E-state index is -1.44. The van der Waals surface area contributed by atoms with Crippen LogP contribution in [0.5, 0.6) is 5.75 Å². The summed E-state index contributed by atoms with van der Waals surface area (Å²) in [5.41, 5.74) is 4.37. The van der Waals surface area contributed by atoms with Crippen LogP contribution >= 0.6 is 0 Å². The van der Waals surface area contributed by atoms with Gasteiger partial charge in [-0.05, 0) is 50.6 Å². The highest BCUT2D eigenvalue weighted by molar-refractivity contribution is 5.86. The van der Waals surface area contributed by atoms with Crippen molar-refractivity contribution >= 4 is 5.91 Å².